The lowest BCUT2D eigenvalue weighted by Gasteiger charge is -1.97. The predicted octanol–water partition coefficient (Wildman–Crippen LogP) is 2.95. The second-order valence-corrected chi connectivity index (χ2v) is 4.98. The average molecular weight is 332 g/mol. The minimum atomic E-state index is -0.391. The summed E-state index contributed by atoms with van der Waals surface area (Å²) in [7, 11) is 1.35. The molecule has 0 aliphatic heterocycles. The quantitative estimate of drug-likeness (QED) is 0.677. The lowest BCUT2D eigenvalue weighted by molar-refractivity contribution is 0.0600. The number of pyridine rings is 1. The second kappa shape index (κ2) is 5.05. The van der Waals surface area contributed by atoms with Gasteiger partial charge in [-0.25, -0.2) is 14.3 Å². The molecule has 2 heterocycles. The number of esters is 1. The van der Waals surface area contributed by atoms with Crippen LogP contribution in [0.3, 0.4) is 0 Å². The molecule has 0 spiro atoms. The Hall–Kier alpha value is -2.21. The summed E-state index contributed by atoms with van der Waals surface area (Å²) >= 11 is 3.48. The molecule has 3 aromatic rings. The van der Waals surface area contributed by atoms with Crippen molar-refractivity contribution in [3.05, 3.63) is 52.6 Å². The average Bonchev–Trinajstić information content (AvgIpc) is 2.89. The van der Waals surface area contributed by atoms with Gasteiger partial charge in [-0.2, -0.15) is 0 Å². The SMILES string of the molecule is COC(=O)c1ccn2nc(-c3ccccc3Br)nc2c1. The molecule has 0 unspecified atom stereocenters. The first-order valence-corrected chi connectivity index (χ1v) is 6.68. The number of fused-ring (bicyclic) bond motifs is 1. The Morgan fingerprint density at radius 2 is 2.10 bits per heavy atom. The highest BCUT2D eigenvalue weighted by atomic mass is 79.9. The van der Waals surface area contributed by atoms with Crippen LogP contribution in [0.15, 0.2) is 47.1 Å². The number of hydrogen-bond acceptors (Lipinski definition) is 4. The second-order valence-electron chi connectivity index (χ2n) is 4.13. The molecule has 1 aromatic carbocycles. The van der Waals surface area contributed by atoms with E-state index >= 15 is 0 Å². The maximum absolute atomic E-state index is 11.5. The standard InChI is InChI=1S/C14H10BrN3O2/c1-20-14(19)9-6-7-18-12(8-9)16-13(17-18)10-4-2-3-5-11(10)15/h2-8H,1H3. The summed E-state index contributed by atoms with van der Waals surface area (Å²) in [6, 6.07) is 11.0. The molecule has 100 valence electrons. The van der Waals surface area contributed by atoms with E-state index in [1.54, 1.807) is 22.8 Å². The van der Waals surface area contributed by atoms with Crippen LogP contribution < -0.4 is 0 Å². The van der Waals surface area contributed by atoms with E-state index in [1.807, 2.05) is 24.3 Å². The minimum Gasteiger partial charge on any atom is -0.465 e. The van der Waals surface area contributed by atoms with Crippen LogP contribution in [0.1, 0.15) is 10.4 Å². The fourth-order valence-electron chi connectivity index (χ4n) is 1.88. The molecule has 3 rings (SSSR count). The largest absolute Gasteiger partial charge is 0.465 e. The Morgan fingerprint density at radius 1 is 1.30 bits per heavy atom. The molecule has 0 aliphatic rings. The number of carbonyl (C=O) groups is 1. The maximum atomic E-state index is 11.5. The third-order valence-electron chi connectivity index (χ3n) is 2.87. The van der Waals surface area contributed by atoms with E-state index in [9.17, 15) is 4.79 Å². The van der Waals surface area contributed by atoms with E-state index in [4.69, 9.17) is 4.74 Å². The van der Waals surface area contributed by atoms with Crippen molar-refractivity contribution in [2.75, 3.05) is 7.11 Å². The lowest BCUT2D eigenvalue weighted by Crippen LogP contribution is -2.02. The van der Waals surface area contributed by atoms with Crippen LogP contribution in [-0.4, -0.2) is 27.7 Å². The molecule has 0 saturated heterocycles. The first-order chi connectivity index (χ1) is 9.69. The monoisotopic (exact) mass is 331 g/mol. The zero-order valence-electron chi connectivity index (χ0n) is 10.6. The molecule has 0 fully saturated rings. The third-order valence-corrected chi connectivity index (χ3v) is 3.56. The molecule has 6 heteroatoms. The molecule has 2 aromatic heterocycles. The lowest BCUT2D eigenvalue weighted by atomic mass is 10.2. The zero-order valence-corrected chi connectivity index (χ0v) is 12.2. The highest BCUT2D eigenvalue weighted by Crippen LogP contribution is 2.25. The highest BCUT2D eigenvalue weighted by Gasteiger charge is 2.11. The summed E-state index contributed by atoms with van der Waals surface area (Å²) in [6.07, 6.45) is 1.69. The van der Waals surface area contributed by atoms with Gasteiger partial charge in [0.25, 0.3) is 0 Å². The first-order valence-electron chi connectivity index (χ1n) is 5.88. The van der Waals surface area contributed by atoms with Gasteiger partial charge >= 0.3 is 5.97 Å². The fourth-order valence-corrected chi connectivity index (χ4v) is 2.35. The Morgan fingerprint density at radius 3 is 2.85 bits per heavy atom. The van der Waals surface area contributed by atoms with Crippen LogP contribution in [0.2, 0.25) is 0 Å². The van der Waals surface area contributed by atoms with E-state index in [2.05, 4.69) is 26.0 Å². The van der Waals surface area contributed by atoms with Crippen molar-refractivity contribution in [2.24, 2.45) is 0 Å². The van der Waals surface area contributed by atoms with Crippen LogP contribution in [0, 0.1) is 0 Å². The van der Waals surface area contributed by atoms with E-state index < -0.39 is 5.97 Å². The molecule has 20 heavy (non-hydrogen) atoms. The van der Waals surface area contributed by atoms with Crippen molar-refractivity contribution in [1.29, 1.82) is 0 Å². The molecular formula is C14H10BrN3O2. The number of nitrogens with zero attached hydrogens (tertiary/aromatic N) is 3. The van der Waals surface area contributed by atoms with Crippen LogP contribution >= 0.6 is 15.9 Å². The van der Waals surface area contributed by atoms with E-state index in [0.717, 1.165) is 10.0 Å². The maximum Gasteiger partial charge on any atom is 0.338 e. The van der Waals surface area contributed by atoms with Gasteiger partial charge < -0.3 is 4.74 Å². The van der Waals surface area contributed by atoms with Gasteiger partial charge in [-0.3, -0.25) is 0 Å². The van der Waals surface area contributed by atoms with Crippen molar-refractivity contribution >= 4 is 27.5 Å². The normalized spacial score (nSPS) is 10.7. The Bertz CT molecular complexity index is 798. The van der Waals surface area contributed by atoms with Crippen molar-refractivity contribution in [2.45, 2.75) is 0 Å². The Balaban J connectivity index is 2.12. The van der Waals surface area contributed by atoms with Crippen molar-refractivity contribution in [3.63, 3.8) is 0 Å². The molecule has 0 N–H and O–H groups in total. The van der Waals surface area contributed by atoms with Gasteiger partial charge in [0.2, 0.25) is 0 Å². The topological polar surface area (TPSA) is 56.5 Å². The number of rotatable bonds is 2. The van der Waals surface area contributed by atoms with Gasteiger partial charge in [0.1, 0.15) is 0 Å². The summed E-state index contributed by atoms with van der Waals surface area (Å²) in [5, 5.41) is 4.39. The number of hydrogen-bond donors (Lipinski definition) is 0. The fraction of sp³-hybridized carbons (Fsp3) is 0.0714. The van der Waals surface area contributed by atoms with Gasteiger partial charge in [0, 0.05) is 16.2 Å². The third kappa shape index (κ3) is 2.18. The summed E-state index contributed by atoms with van der Waals surface area (Å²) in [4.78, 5) is 15.9. The summed E-state index contributed by atoms with van der Waals surface area (Å²) in [6.45, 7) is 0. The molecule has 0 saturated carbocycles. The Kier molecular flexibility index (Phi) is 3.23. The number of ether oxygens (including phenoxy) is 1. The Labute approximate surface area is 123 Å². The van der Waals surface area contributed by atoms with Crippen LogP contribution in [-0.2, 0) is 4.74 Å². The number of aromatic nitrogens is 3. The van der Waals surface area contributed by atoms with E-state index in [1.165, 1.54) is 7.11 Å². The number of carbonyl (C=O) groups excluding carboxylic acids is 1. The number of methoxy groups -OCH3 is 1. The molecule has 0 bridgehead atoms. The van der Waals surface area contributed by atoms with Gasteiger partial charge in [-0.15, -0.1) is 5.10 Å². The summed E-state index contributed by atoms with van der Waals surface area (Å²) in [5.41, 5.74) is 1.94. The molecule has 0 radical (unpaired) electrons. The van der Waals surface area contributed by atoms with Gasteiger partial charge in [-0.05, 0) is 24.3 Å². The van der Waals surface area contributed by atoms with Gasteiger partial charge in [-0.1, -0.05) is 28.1 Å². The molecule has 5 nitrogen and oxygen atoms in total. The first kappa shape index (κ1) is 12.8. The smallest absolute Gasteiger partial charge is 0.338 e. The summed E-state index contributed by atoms with van der Waals surface area (Å²) < 4.78 is 7.24. The van der Waals surface area contributed by atoms with Crippen LogP contribution in [0.4, 0.5) is 0 Å². The molecule has 0 amide bonds. The molecule has 0 atom stereocenters. The van der Waals surface area contributed by atoms with E-state index in [0.29, 0.717) is 17.0 Å². The molecular weight excluding hydrogens is 322 g/mol. The van der Waals surface area contributed by atoms with Crippen LogP contribution in [0.25, 0.3) is 17.0 Å². The highest BCUT2D eigenvalue weighted by molar-refractivity contribution is 9.10. The van der Waals surface area contributed by atoms with Crippen molar-refractivity contribution < 1.29 is 9.53 Å². The van der Waals surface area contributed by atoms with E-state index in [-0.39, 0.29) is 0 Å². The van der Waals surface area contributed by atoms with Gasteiger partial charge in [0.05, 0.1) is 12.7 Å². The zero-order chi connectivity index (χ0) is 14.1. The molecule has 0 aliphatic carbocycles. The van der Waals surface area contributed by atoms with Gasteiger partial charge in [0.15, 0.2) is 11.5 Å². The predicted molar refractivity (Wildman–Crippen MR) is 77.5 cm³/mol. The number of halogens is 1. The van der Waals surface area contributed by atoms with Crippen molar-refractivity contribution in [1.82, 2.24) is 14.6 Å². The van der Waals surface area contributed by atoms with Crippen molar-refractivity contribution in [3.8, 4) is 11.4 Å². The van der Waals surface area contributed by atoms with Crippen LogP contribution in [0.5, 0.6) is 0 Å². The summed E-state index contributed by atoms with van der Waals surface area (Å²) in [5.74, 6) is 0.206. The minimum absolute atomic E-state index is 0.391. The number of benzene rings is 1.